The standard InChI is InChI=1S/C47H49N2.2ClH.Co/c1-36(49-32-20-9-21-33-49)48-47-43(37-22-10-3-2-4-11-23-37)34-42(45(38-24-12-5-13-25-38)39-26-14-6-15-27-39)35-44(47)46(40-28-16-7-17-29-40)41-30-18-8-19-31-41;;;/h5-9,12-21,24-37,45-46,48H,2-4,10-11,22-23H2,1H3;2*1H;/q+1;;;+2/p-2. The molecule has 6 aromatic rings. The van der Waals surface area contributed by atoms with Gasteiger partial charge in [-0.25, -0.2) is 0 Å². The average molecular weight is 772 g/mol. The van der Waals surface area contributed by atoms with Crippen molar-refractivity contribution in [3.8, 4) is 0 Å². The van der Waals surface area contributed by atoms with Crippen LogP contribution in [0.15, 0.2) is 164 Å². The van der Waals surface area contributed by atoms with Gasteiger partial charge in [0.25, 0.3) is 0 Å². The summed E-state index contributed by atoms with van der Waals surface area (Å²) in [5.74, 6) is 0.682. The molecule has 5 heteroatoms. The van der Waals surface area contributed by atoms with Crippen molar-refractivity contribution in [1.29, 1.82) is 0 Å². The van der Waals surface area contributed by atoms with Gasteiger partial charge in [0.1, 0.15) is 0 Å². The van der Waals surface area contributed by atoms with E-state index in [2.05, 4.69) is 181 Å². The Kier molecular flexibility index (Phi) is 14.4. The summed E-state index contributed by atoms with van der Waals surface area (Å²) in [4.78, 5) is 0. The Labute approximate surface area is 325 Å². The first-order chi connectivity index (χ1) is 25.7. The number of pyridine rings is 1. The predicted molar refractivity (Wildman–Crippen MR) is 216 cm³/mol. The number of rotatable bonds is 10. The fraction of sp³-hybridized carbons (Fsp3) is 0.255. The molecule has 1 saturated carbocycles. The Bertz CT molecular complexity index is 1820. The topological polar surface area (TPSA) is 15.9 Å². The van der Waals surface area contributed by atoms with Crippen LogP contribution in [0.25, 0.3) is 0 Å². The molecule has 52 heavy (non-hydrogen) atoms. The zero-order valence-corrected chi connectivity index (χ0v) is 32.4. The molecule has 1 atom stereocenters. The molecule has 1 aliphatic rings. The second kappa shape index (κ2) is 19.8. The summed E-state index contributed by atoms with van der Waals surface area (Å²) in [5, 5.41) is 4.16. The summed E-state index contributed by atoms with van der Waals surface area (Å²) >= 11 is 0.382. The van der Waals surface area contributed by atoms with Crippen LogP contribution in [0.2, 0.25) is 0 Å². The molecule has 269 valence electrons. The van der Waals surface area contributed by atoms with E-state index in [1.165, 1.54) is 89.6 Å². The van der Waals surface area contributed by atoms with Crippen molar-refractivity contribution in [1.82, 2.24) is 0 Å². The average Bonchev–Trinajstić information content (AvgIpc) is 3.18. The van der Waals surface area contributed by atoms with Crippen LogP contribution in [0.4, 0.5) is 5.69 Å². The van der Waals surface area contributed by atoms with Crippen molar-refractivity contribution in [2.75, 3.05) is 5.32 Å². The van der Waals surface area contributed by atoms with Crippen molar-refractivity contribution in [3.63, 3.8) is 0 Å². The Morgan fingerprint density at radius 3 is 1.40 bits per heavy atom. The summed E-state index contributed by atoms with van der Waals surface area (Å²) in [6, 6.07) is 56.0. The summed E-state index contributed by atoms with van der Waals surface area (Å²) in [5.41, 5.74) is 10.8. The number of nitrogens with zero attached hydrogens (tertiary/aromatic N) is 1. The summed E-state index contributed by atoms with van der Waals surface area (Å²) in [6.45, 7) is 2.29. The van der Waals surface area contributed by atoms with Gasteiger partial charge in [-0.15, -0.1) is 0 Å². The van der Waals surface area contributed by atoms with Crippen LogP contribution >= 0.6 is 20.3 Å². The number of aromatic nitrogens is 1. The normalized spacial score (nSPS) is 14.2. The van der Waals surface area contributed by atoms with Gasteiger partial charge >= 0.3 is 33.2 Å². The van der Waals surface area contributed by atoms with Crippen LogP contribution in [0.1, 0.15) is 115 Å². The molecule has 1 aliphatic carbocycles. The van der Waals surface area contributed by atoms with E-state index >= 15 is 0 Å². The first kappa shape index (κ1) is 37.9. The molecular formula is C47H49Cl2CoN2+. The number of anilines is 1. The van der Waals surface area contributed by atoms with Crippen molar-refractivity contribution < 1.29 is 17.5 Å². The van der Waals surface area contributed by atoms with Crippen LogP contribution < -0.4 is 9.88 Å². The van der Waals surface area contributed by atoms with Gasteiger partial charge in [-0.3, -0.25) is 0 Å². The third-order valence-corrected chi connectivity index (χ3v) is 10.5. The maximum atomic E-state index is 4.73. The number of hydrogen-bond acceptors (Lipinski definition) is 1. The zero-order valence-electron chi connectivity index (χ0n) is 29.9. The van der Waals surface area contributed by atoms with Crippen LogP contribution in [0, 0.1) is 0 Å². The van der Waals surface area contributed by atoms with E-state index in [1.54, 1.807) is 0 Å². The molecule has 0 spiro atoms. The number of benzene rings is 5. The fourth-order valence-corrected chi connectivity index (χ4v) is 8.03. The summed E-state index contributed by atoms with van der Waals surface area (Å²) < 4.78 is 2.29. The molecule has 1 heterocycles. The zero-order chi connectivity index (χ0) is 36.0. The van der Waals surface area contributed by atoms with Crippen molar-refractivity contribution >= 4 is 26.0 Å². The molecule has 5 aromatic carbocycles. The van der Waals surface area contributed by atoms with Gasteiger partial charge < -0.3 is 5.32 Å². The number of halogens is 2. The molecular weight excluding hydrogens is 722 g/mol. The van der Waals surface area contributed by atoms with Crippen LogP contribution in [-0.4, -0.2) is 0 Å². The Morgan fingerprint density at radius 2 is 0.942 bits per heavy atom. The van der Waals surface area contributed by atoms with E-state index < -0.39 is 0 Å². The quantitative estimate of drug-likeness (QED) is 0.108. The number of nitrogens with one attached hydrogen (secondary N) is 1. The Morgan fingerprint density at radius 1 is 0.538 bits per heavy atom. The van der Waals surface area contributed by atoms with Gasteiger partial charge in [-0.1, -0.05) is 172 Å². The fourth-order valence-electron chi connectivity index (χ4n) is 8.03. The molecule has 0 aliphatic heterocycles. The number of hydrogen-bond donors (Lipinski definition) is 1. The van der Waals surface area contributed by atoms with Gasteiger partial charge in [0, 0.05) is 36.6 Å². The molecule has 2 nitrogen and oxygen atoms in total. The maximum absolute atomic E-state index is 4.73. The third-order valence-electron chi connectivity index (χ3n) is 10.5. The predicted octanol–water partition coefficient (Wildman–Crippen LogP) is 13.2. The molecule has 1 fully saturated rings. The van der Waals surface area contributed by atoms with Crippen LogP contribution in [0.3, 0.4) is 0 Å². The van der Waals surface area contributed by atoms with Gasteiger partial charge in [-0.05, 0) is 57.7 Å². The van der Waals surface area contributed by atoms with E-state index in [4.69, 9.17) is 20.3 Å². The van der Waals surface area contributed by atoms with E-state index in [-0.39, 0.29) is 18.0 Å². The van der Waals surface area contributed by atoms with Crippen LogP contribution in [-0.2, 0) is 12.9 Å². The van der Waals surface area contributed by atoms with E-state index in [0.717, 1.165) is 0 Å². The molecule has 7 rings (SSSR count). The molecule has 0 bridgehead atoms. The van der Waals surface area contributed by atoms with Gasteiger partial charge in [0.05, 0.1) is 0 Å². The minimum absolute atomic E-state index is 0.0670. The van der Waals surface area contributed by atoms with E-state index in [1.807, 2.05) is 0 Å². The molecule has 0 saturated heterocycles. The van der Waals surface area contributed by atoms with E-state index in [0.29, 0.717) is 18.8 Å². The first-order valence-corrected chi connectivity index (χ1v) is 21.5. The van der Waals surface area contributed by atoms with Crippen LogP contribution in [0.5, 0.6) is 0 Å². The monoisotopic (exact) mass is 770 g/mol. The van der Waals surface area contributed by atoms with Gasteiger partial charge in [0.2, 0.25) is 6.17 Å². The SMILES string of the molecule is CC(Nc1c(C2CCCCCCC2)cc(C(c2ccccc2)c2ccccc2)cc1C(c1ccccc1)c1ccccc1)[n+]1ccccc1.[Cl][Co][Cl]. The molecule has 0 radical (unpaired) electrons. The minimum atomic E-state index is 0.0670. The first-order valence-electron chi connectivity index (χ1n) is 18.6. The summed E-state index contributed by atoms with van der Waals surface area (Å²) in [7, 11) is 9.47. The van der Waals surface area contributed by atoms with Crippen molar-refractivity contribution in [3.05, 3.63) is 203 Å². The van der Waals surface area contributed by atoms with Gasteiger partial charge in [0.15, 0.2) is 12.4 Å². The molecule has 1 unspecified atom stereocenters. The Hall–Kier alpha value is -3.86. The second-order valence-corrected chi connectivity index (χ2v) is 15.5. The molecule has 1 aromatic heterocycles. The van der Waals surface area contributed by atoms with Crippen molar-refractivity contribution in [2.24, 2.45) is 0 Å². The van der Waals surface area contributed by atoms with E-state index in [9.17, 15) is 0 Å². The third kappa shape index (κ3) is 9.76. The molecule has 1 N–H and O–H groups in total. The Balaban J connectivity index is 0.00000150. The molecule has 0 amide bonds. The summed E-state index contributed by atoms with van der Waals surface area (Å²) in [6.07, 6.45) is 13.5. The van der Waals surface area contributed by atoms with Gasteiger partial charge in [-0.2, -0.15) is 4.57 Å². The second-order valence-electron chi connectivity index (χ2n) is 13.8. The van der Waals surface area contributed by atoms with Crippen molar-refractivity contribution in [2.45, 2.75) is 75.8 Å².